The molecule has 0 bridgehead atoms. The third-order valence-electron chi connectivity index (χ3n) is 4.54. The van der Waals surface area contributed by atoms with Crippen molar-refractivity contribution >= 4 is 39.7 Å². The molecule has 2 aromatic carbocycles. The topological polar surface area (TPSA) is 33.2 Å². The maximum Gasteiger partial charge on any atom is 0.224 e. The lowest BCUT2D eigenvalue weighted by molar-refractivity contribution is -0.116. The number of carbonyl (C=O) groups is 1. The molecular formula is C22H17BrN2O. The summed E-state index contributed by atoms with van der Waals surface area (Å²) < 4.78 is 0.814. The van der Waals surface area contributed by atoms with Crippen molar-refractivity contribution in [2.75, 3.05) is 4.90 Å². The summed E-state index contributed by atoms with van der Waals surface area (Å²) in [6.45, 7) is 2.17. The van der Waals surface area contributed by atoms with Crippen molar-refractivity contribution in [2.45, 2.75) is 13.5 Å². The number of rotatable bonds is 1. The van der Waals surface area contributed by atoms with E-state index >= 15 is 0 Å². The van der Waals surface area contributed by atoms with E-state index in [0.717, 1.165) is 38.2 Å². The second kappa shape index (κ2) is 6.89. The quantitative estimate of drug-likeness (QED) is 0.498. The van der Waals surface area contributed by atoms with Gasteiger partial charge in [-0.15, -0.1) is 0 Å². The number of carbonyl (C=O) groups excluding carboxylic acids is 1. The first kappa shape index (κ1) is 16.7. The number of para-hydroxylation sites is 1. The zero-order chi connectivity index (χ0) is 18.1. The van der Waals surface area contributed by atoms with Crippen LogP contribution in [0.25, 0.3) is 23.4 Å². The number of benzene rings is 2. The lowest BCUT2D eigenvalue weighted by Crippen LogP contribution is -2.29. The van der Waals surface area contributed by atoms with E-state index in [1.165, 1.54) is 0 Å². The number of pyridine rings is 1. The minimum atomic E-state index is 0.0384. The van der Waals surface area contributed by atoms with Crippen LogP contribution in [0.1, 0.15) is 23.6 Å². The zero-order valence-corrected chi connectivity index (χ0v) is 15.9. The SMILES string of the molecule is CC(=O)N1Cc2ccc(-c3cccc(Br)n3)cc2/C=C\c2ccccc21. The first-order valence-electron chi connectivity index (χ1n) is 8.43. The van der Waals surface area contributed by atoms with E-state index in [2.05, 4.69) is 51.3 Å². The molecule has 0 radical (unpaired) electrons. The molecule has 1 aliphatic rings. The van der Waals surface area contributed by atoms with Gasteiger partial charge < -0.3 is 4.90 Å². The normalized spacial score (nSPS) is 14.0. The van der Waals surface area contributed by atoms with Gasteiger partial charge in [0.2, 0.25) is 5.91 Å². The number of aromatic nitrogens is 1. The van der Waals surface area contributed by atoms with Crippen molar-refractivity contribution in [3.05, 3.63) is 82.0 Å². The first-order chi connectivity index (χ1) is 12.6. The molecule has 0 fully saturated rings. The summed E-state index contributed by atoms with van der Waals surface area (Å²) in [4.78, 5) is 18.6. The average molecular weight is 405 g/mol. The number of hydrogen-bond donors (Lipinski definition) is 0. The van der Waals surface area contributed by atoms with E-state index in [9.17, 15) is 4.79 Å². The third kappa shape index (κ3) is 3.20. The Labute approximate surface area is 161 Å². The number of halogens is 1. The van der Waals surface area contributed by atoms with E-state index in [-0.39, 0.29) is 5.91 Å². The number of hydrogen-bond acceptors (Lipinski definition) is 2. The maximum absolute atomic E-state index is 12.2. The molecular weight excluding hydrogens is 388 g/mol. The van der Waals surface area contributed by atoms with Crippen LogP contribution in [0.5, 0.6) is 0 Å². The molecule has 26 heavy (non-hydrogen) atoms. The van der Waals surface area contributed by atoms with E-state index in [0.29, 0.717) is 6.54 Å². The third-order valence-corrected chi connectivity index (χ3v) is 4.98. The van der Waals surface area contributed by atoms with Crippen LogP contribution < -0.4 is 4.90 Å². The van der Waals surface area contributed by atoms with Gasteiger partial charge in [0.05, 0.1) is 17.9 Å². The predicted octanol–water partition coefficient (Wildman–Crippen LogP) is 5.55. The molecule has 1 aliphatic heterocycles. The monoisotopic (exact) mass is 404 g/mol. The van der Waals surface area contributed by atoms with Gasteiger partial charge in [0.1, 0.15) is 4.60 Å². The fourth-order valence-electron chi connectivity index (χ4n) is 3.21. The highest BCUT2D eigenvalue weighted by molar-refractivity contribution is 9.10. The minimum absolute atomic E-state index is 0.0384. The van der Waals surface area contributed by atoms with Crippen LogP contribution in [0.4, 0.5) is 5.69 Å². The Morgan fingerprint density at radius 1 is 1.00 bits per heavy atom. The Bertz CT molecular complexity index is 1030. The number of anilines is 1. The molecule has 0 atom stereocenters. The van der Waals surface area contributed by atoms with Crippen molar-refractivity contribution in [3.63, 3.8) is 0 Å². The zero-order valence-electron chi connectivity index (χ0n) is 14.3. The highest BCUT2D eigenvalue weighted by Gasteiger charge is 2.18. The molecule has 0 unspecified atom stereocenters. The smallest absolute Gasteiger partial charge is 0.224 e. The molecule has 128 valence electrons. The molecule has 1 amide bonds. The van der Waals surface area contributed by atoms with E-state index in [4.69, 9.17) is 0 Å². The summed E-state index contributed by atoms with van der Waals surface area (Å²) in [6.07, 6.45) is 4.19. The predicted molar refractivity (Wildman–Crippen MR) is 110 cm³/mol. The fourth-order valence-corrected chi connectivity index (χ4v) is 3.56. The number of amides is 1. The van der Waals surface area contributed by atoms with Crippen LogP contribution in [-0.2, 0) is 11.3 Å². The van der Waals surface area contributed by atoms with Crippen molar-refractivity contribution in [2.24, 2.45) is 0 Å². The second-order valence-electron chi connectivity index (χ2n) is 6.26. The minimum Gasteiger partial charge on any atom is -0.308 e. The van der Waals surface area contributed by atoms with E-state index in [1.807, 2.05) is 47.4 Å². The highest BCUT2D eigenvalue weighted by Crippen LogP contribution is 2.31. The molecule has 1 aromatic heterocycles. The summed E-state index contributed by atoms with van der Waals surface area (Å²) in [5.41, 5.74) is 6.17. The standard InChI is InChI=1S/C22H17BrN2O/c1-15(26)25-14-19-12-11-18(20-6-4-8-22(23)24-20)13-17(19)10-9-16-5-2-3-7-21(16)25/h2-13H,14H2,1H3/b10-9-. The summed E-state index contributed by atoms with van der Waals surface area (Å²) in [7, 11) is 0. The molecule has 3 nitrogen and oxygen atoms in total. The van der Waals surface area contributed by atoms with Gasteiger partial charge >= 0.3 is 0 Å². The van der Waals surface area contributed by atoms with Crippen molar-refractivity contribution in [3.8, 4) is 11.3 Å². The van der Waals surface area contributed by atoms with Crippen molar-refractivity contribution < 1.29 is 4.79 Å². The molecule has 3 aromatic rings. The Morgan fingerprint density at radius 3 is 2.62 bits per heavy atom. The maximum atomic E-state index is 12.2. The Morgan fingerprint density at radius 2 is 1.81 bits per heavy atom. The van der Waals surface area contributed by atoms with Gasteiger partial charge in [0, 0.05) is 12.5 Å². The van der Waals surface area contributed by atoms with Gasteiger partial charge in [-0.3, -0.25) is 4.79 Å². The summed E-state index contributed by atoms with van der Waals surface area (Å²) in [6, 6.07) is 20.2. The molecule has 4 rings (SSSR count). The first-order valence-corrected chi connectivity index (χ1v) is 9.22. The second-order valence-corrected chi connectivity index (χ2v) is 7.07. The van der Waals surface area contributed by atoms with Crippen LogP contribution in [0.2, 0.25) is 0 Å². The molecule has 0 N–H and O–H groups in total. The van der Waals surface area contributed by atoms with Gasteiger partial charge in [-0.1, -0.05) is 48.6 Å². The van der Waals surface area contributed by atoms with E-state index in [1.54, 1.807) is 6.92 Å². The van der Waals surface area contributed by atoms with E-state index < -0.39 is 0 Å². The van der Waals surface area contributed by atoms with Crippen molar-refractivity contribution in [1.82, 2.24) is 4.98 Å². The van der Waals surface area contributed by atoms with Gasteiger partial charge in [0.25, 0.3) is 0 Å². The molecule has 2 heterocycles. The van der Waals surface area contributed by atoms with Crippen LogP contribution in [-0.4, -0.2) is 10.9 Å². The summed E-state index contributed by atoms with van der Waals surface area (Å²) in [5, 5.41) is 0. The van der Waals surface area contributed by atoms with Crippen LogP contribution in [0.3, 0.4) is 0 Å². The Kier molecular flexibility index (Phi) is 4.43. The summed E-state index contributed by atoms with van der Waals surface area (Å²) in [5.74, 6) is 0.0384. The molecule has 0 saturated carbocycles. The van der Waals surface area contributed by atoms with Gasteiger partial charge in [-0.25, -0.2) is 4.98 Å². The van der Waals surface area contributed by atoms with Gasteiger partial charge in [0.15, 0.2) is 0 Å². The number of fused-ring (bicyclic) bond motifs is 2. The highest BCUT2D eigenvalue weighted by atomic mass is 79.9. The largest absolute Gasteiger partial charge is 0.308 e. The van der Waals surface area contributed by atoms with Crippen LogP contribution >= 0.6 is 15.9 Å². The average Bonchev–Trinajstić information content (AvgIpc) is 2.63. The molecule has 0 spiro atoms. The van der Waals surface area contributed by atoms with Gasteiger partial charge in [-0.05, 0) is 56.9 Å². The number of nitrogens with zero attached hydrogens (tertiary/aromatic N) is 2. The molecule has 4 heteroatoms. The lowest BCUT2D eigenvalue weighted by Gasteiger charge is -2.26. The van der Waals surface area contributed by atoms with Crippen LogP contribution in [0.15, 0.2) is 65.3 Å². The Balaban J connectivity index is 1.83. The van der Waals surface area contributed by atoms with Crippen LogP contribution in [0, 0.1) is 0 Å². The fraction of sp³-hybridized carbons (Fsp3) is 0.0909. The molecule has 0 aliphatic carbocycles. The molecule has 0 saturated heterocycles. The van der Waals surface area contributed by atoms with Crippen molar-refractivity contribution in [1.29, 1.82) is 0 Å². The lowest BCUT2D eigenvalue weighted by atomic mass is 9.97. The van der Waals surface area contributed by atoms with Gasteiger partial charge in [-0.2, -0.15) is 0 Å². The summed E-state index contributed by atoms with van der Waals surface area (Å²) >= 11 is 3.43. The Hall–Kier alpha value is -2.72.